The smallest absolute Gasteiger partial charge is 0.380 e. The van der Waals surface area contributed by atoms with Gasteiger partial charge in [-0.1, -0.05) is 71.7 Å². The molecule has 4 rings (SSSR count). The fourth-order valence-corrected chi connectivity index (χ4v) is 6.70. The van der Waals surface area contributed by atoms with Crippen molar-refractivity contribution in [3.63, 3.8) is 0 Å². The lowest BCUT2D eigenvalue weighted by molar-refractivity contribution is -0.361. The maximum Gasteiger partial charge on any atom is 0.431 e. The fourth-order valence-electron chi connectivity index (χ4n) is 3.95. The SMILES string of the molecule is OC(CP1OC(C(F)(F)F)(C(F)(F)F)c2ccccc21)(c1ccc(Cl)cc1)c1ccc(Cl)cc1. The Morgan fingerprint density at radius 1 is 0.735 bits per heavy atom. The molecule has 0 amide bonds. The van der Waals surface area contributed by atoms with Gasteiger partial charge >= 0.3 is 12.4 Å². The van der Waals surface area contributed by atoms with E-state index in [4.69, 9.17) is 27.7 Å². The first-order chi connectivity index (χ1) is 15.8. The monoisotopic (exact) mass is 538 g/mol. The van der Waals surface area contributed by atoms with Crippen LogP contribution in [-0.4, -0.2) is 23.6 Å². The molecule has 3 aromatic carbocycles. The molecule has 180 valence electrons. The minimum Gasteiger partial charge on any atom is -0.380 e. The van der Waals surface area contributed by atoms with Gasteiger partial charge < -0.3 is 9.63 Å². The molecule has 0 radical (unpaired) electrons. The van der Waals surface area contributed by atoms with E-state index in [0.717, 1.165) is 12.1 Å². The predicted molar refractivity (Wildman–Crippen MR) is 119 cm³/mol. The molecular weight excluding hydrogens is 524 g/mol. The Morgan fingerprint density at radius 3 is 1.62 bits per heavy atom. The van der Waals surface area contributed by atoms with Crippen LogP contribution in [0.2, 0.25) is 10.0 Å². The van der Waals surface area contributed by atoms with Gasteiger partial charge in [-0.3, -0.25) is 0 Å². The van der Waals surface area contributed by atoms with Crippen molar-refractivity contribution in [3.8, 4) is 0 Å². The Morgan fingerprint density at radius 2 is 1.18 bits per heavy atom. The zero-order valence-corrected chi connectivity index (χ0v) is 19.4. The van der Waals surface area contributed by atoms with E-state index in [0.29, 0.717) is 10.0 Å². The van der Waals surface area contributed by atoms with Gasteiger partial charge in [-0.15, -0.1) is 0 Å². The Labute approximate surface area is 201 Å². The first-order valence-electron chi connectivity index (χ1n) is 9.74. The van der Waals surface area contributed by atoms with Crippen LogP contribution in [0.5, 0.6) is 0 Å². The van der Waals surface area contributed by atoms with Crippen molar-refractivity contribution in [3.05, 3.63) is 99.5 Å². The maximum absolute atomic E-state index is 14.0. The van der Waals surface area contributed by atoms with Crippen LogP contribution in [0.1, 0.15) is 16.7 Å². The Balaban J connectivity index is 1.87. The van der Waals surface area contributed by atoms with Crippen LogP contribution in [-0.2, 0) is 15.7 Å². The summed E-state index contributed by atoms with van der Waals surface area (Å²) in [5.74, 6) is 0. The standard InChI is InChI=1S/C23H15Cl2F6O2P/c24-16-9-5-14(6-10-16)20(32,15-7-11-17(25)12-8-15)13-34-19-4-2-1-3-18(19)21(33-34,22(26,27)28)23(29,30)31/h1-12,32H,13H2. The topological polar surface area (TPSA) is 29.5 Å². The van der Waals surface area contributed by atoms with E-state index in [9.17, 15) is 31.4 Å². The zero-order chi connectivity index (χ0) is 24.9. The molecule has 1 atom stereocenters. The summed E-state index contributed by atoms with van der Waals surface area (Å²) in [5, 5.41) is 12.2. The molecule has 0 saturated heterocycles. The van der Waals surface area contributed by atoms with Crippen LogP contribution in [0.4, 0.5) is 26.3 Å². The van der Waals surface area contributed by atoms with Crippen molar-refractivity contribution < 1.29 is 36.0 Å². The lowest BCUT2D eigenvalue weighted by Gasteiger charge is -2.36. The number of hydrogen-bond acceptors (Lipinski definition) is 2. The quantitative estimate of drug-likeness (QED) is 0.279. The highest BCUT2D eigenvalue weighted by molar-refractivity contribution is 7.61. The van der Waals surface area contributed by atoms with Crippen LogP contribution in [0.15, 0.2) is 72.8 Å². The summed E-state index contributed by atoms with van der Waals surface area (Å²) in [6.45, 7) is 0. The average molecular weight is 539 g/mol. The third-order valence-electron chi connectivity index (χ3n) is 5.61. The van der Waals surface area contributed by atoms with Gasteiger partial charge in [0.25, 0.3) is 5.60 Å². The first-order valence-corrected chi connectivity index (χ1v) is 11.9. The molecule has 34 heavy (non-hydrogen) atoms. The summed E-state index contributed by atoms with van der Waals surface area (Å²) in [5.41, 5.74) is -7.07. The Bertz CT molecular complexity index is 1120. The van der Waals surface area contributed by atoms with E-state index in [2.05, 4.69) is 0 Å². The normalized spacial score (nSPS) is 18.1. The molecule has 2 nitrogen and oxygen atoms in total. The van der Waals surface area contributed by atoms with E-state index in [1.807, 2.05) is 0 Å². The van der Waals surface area contributed by atoms with Crippen LogP contribution < -0.4 is 5.30 Å². The average Bonchev–Trinajstić information content (AvgIpc) is 3.10. The van der Waals surface area contributed by atoms with Crippen molar-refractivity contribution in [1.29, 1.82) is 0 Å². The van der Waals surface area contributed by atoms with E-state index in [1.165, 1.54) is 60.7 Å². The number of aliphatic hydroxyl groups is 1. The maximum atomic E-state index is 14.0. The molecule has 11 heteroatoms. The number of benzene rings is 3. The van der Waals surface area contributed by atoms with E-state index < -0.39 is 43.4 Å². The minimum atomic E-state index is -5.78. The lowest BCUT2D eigenvalue weighted by Crippen LogP contribution is -2.54. The summed E-state index contributed by atoms with van der Waals surface area (Å²) in [6, 6.07) is 16.0. The van der Waals surface area contributed by atoms with Crippen LogP contribution >= 0.6 is 31.4 Å². The third kappa shape index (κ3) is 4.10. The van der Waals surface area contributed by atoms with Crippen LogP contribution in [0.3, 0.4) is 0 Å². The van der Waals surface area contributed by atoms with Gasteiger partial charge in [0.05, 0.1) is 8.15 Å². The molecule has 1 aliphatic rings. The molecule has 0 aliphatic carbocycles. The second kappa shape index (κ2) is 8.68. The Kier molecular flexibility index (Phi) is 6.45. The zero-order valence-electron chi connectivity index (χ0n) is 17.0. The largest absolute Gasteiger partial charge is 0.431 e. The highest BCUT2D eigenvalue weighted by atomic mass is 35.5. The van der Waals surface area contributed by atoms with Crippen LogP contribution in [0, 0.1) is 0 Å². The molecule has 0 saturated carbocycles. The van der Waals surface area contributed by atoms with Gasteiger partial charge in [0.1, 0.15) is 5.60 Å². The molecular formula is C23H15Cl2F6O2P. The lowest BCUT2D eigenvalue weighted by atomic mass is 9.88. The van der Waals surface area contributed by atoms with Gasteiger partial charge in [0.15, 0.2) is 0 Å². The molecule has 1 N–H and O–H groups in total. The van der Waals surface area contributed by atoms with Gasteiger partial charge in [0.2, 0.25) is 0 Å². The summed E-state index contributed by atoms with van der Waals surface area (Å²) in [4.78, 5) is 0. The van der Waals surface area contributed by atoms with E-state index >= 15 is 0 Å². The number of halogens is 8. The number of rotatable bonds is 4. The number of hydrogen-bond donors (Lipinski definition) is 1. The molecule has 0 bridgehead atoms. The van der Waals surface area contributed by atoms with Crippen LogP contribution in [0.25, 0.3) is 0 Å². The molecule has 1 heterocycles. The van der Waals surface area contributed by atoms with Gasteiger partial charge in [-0.05, 0) is 35.4 Å². The highest BCUT2D eigenvalue weighted by Crippen LogP contribution is 2.65. The molecule has 1 unspecified atom stereocenters. The molecule has 3 aromatic rings. The highest BCUT2D eigenvalue weighted by Gasteiger charge is 2.77. The number of alkyl halides is 6. The summed E-state index contributed by atoms with van der Waals surface area (Å²) in [7, 11) is -2.58. The number of fused-ring (bicyclic) bond motifs is 1. The molecule has 1 aliphatic heterocycles. The van der Waals surface area contributed by atoms with E-state index in [1.54, 1.807) is 0 Å². The van der Waals surface area contributed by atoms with Gasteiger partial charge in [-0.25, -0.2) is 0 Å². The van der Waals surface area contributed by atoms with Gasteiger partial charge in [0, 0.05) is 27.1 Å². The second-order valence-corrected chi connectivity index (χ2v) is 10.3. The third-order valence-corrected chi connectivity index (χ3v) is 8.28. The molecule has 0 aromatic heterocycles. The minimum absolute atomic E-state index is 0.222. The summed E-state index contributed by atoms with van der Waals surface area (Å²) in [6.07, 6.45) is -12.1. The van der Waals surface area contributed by atoms with Crippen molar-refractivity contribution in [2.45, 2.75) is 23.6 Å². The van der Waals surface area contributed by atoms with E-state index in [-0.39, 0.29) is 16.4 Å². The second-order valence-electron chi connectivity index (χ2n) is 7.70. The van der Waals surface area contributed by atoms with Gasteiger partial charge in [-0.2, -0.15) is 26.3 Å². The van der Waals surface area contributed by atoms with Crippen molar-refractivity contribution in [2.24, 2.45) is 0 Å². The van der Waals surface area contributed by atoms with Crippen molar-refractivity contribution in [1.82, 2.24) is 0 Å². The first kappa shape index (κ1) is 25.3. The molecule has 0 spiro atoms. The summed E-state index contributed by atoms with van der Waals surface area (Å²) >= 11 is 11.9. The van der Waals surface area contributed by atoms with Crippen molar-refractivity contribution >= 4 is 36.7 Å². The molecule has 0 fully saturated rings. The predicted octanol–water partition coefficient (Wildman–Crippen LogP) is 7.30. The fraction of sp³-hybridized carbons (Fsp3) is 0.217. The summed E-state index contributed by atoms with van der Waals surface area (Å²) < 4.78 is 89.0. The van der Waals surface area contributed by atoms with Crippen molar-refractivity contribution in [2.75, 3.05) is 6.16 Å². The Hall–Kier alpha value is -1.83.